The number of amides is 1. The molecule has 1 N–H and O–H groups in total. The van der Waals surface area contributed by atoms with E-state index in [0.29, 0.717) is 16.5 Å². The van der Waals surface area contributed by atoms with Gasteiger partial charge in [-0.05, 0) is 48.5 Å². The first kappa shape index (κ1) is 21.7. The Hall–Kier alpha value is -2.62. The second-order valence-corrected chi connectivity index (χ2v) is 8.35. The first-order chi connectivity index (χ1) is 13.2. The van der Waals surface area contributed by atoms with Crippen LogP contribution in [0.15, 0.2) is 53.4 Å². The summed E-state index contributed by atoms with van der Waals surface area (Å²) in [4.78, 5) is 23.6. The fourth-order valence-electron chi connectivity index (χ4n) is 1.98. The molecule has 0 aromatic heterocycles. The van der Waals surface area contributed by atoms with Crippen LogP contribution in [-0.4, -0.2) is 51.9 Å². The Morgan fingerprint density at radius 3 is 2.18 bits per heavy atom. The number of esters is 1. The van der Waals surface area contributed by atoms with Gasteiger partial charge in [0.2, 0.25) is 10.0 Å². The number of halogens is 1. The highest BCUT2D eigenvalue weighted by Crippen LogP contribution is 2.17. The average molecular weight is 427 g/mol. The van der Waals surface area contributed by atoms with Crippen LogP contribution in [-0.2, 0) is 24.3 Å². The fourth-order valence-corrected chi connectivity index (χ4v) is 3.01. The Balaban J connectivity index is 1.79. The van der Waals surface area contributed by atoms with Crippen molar-refractivity contribution < 1.29 is 27.5 Å². The molecular formula is C18H19ClN2O6S. The third kappa shape index (κ3) is 6.22. The van der Waals surface area contributed by atoms with Crippen LogP contribution < -0.4 is 10.1 Å². The molecule has 2 aromatic rings. The molecule has 2 rings (SSSR count). The molecule has 150 valence electrons. The van der Waals surface area contributed by atoms with E-state index >= 15 is 0 Å². The molecule has 0 fully saturated rings. The van der Waals surface area contributed by atoms with Crippen molar-refractivity contribution in [2.75, 3.05) is 32.6 Å². The highest BCUT2D eigenvalue weighted by molar-refractivity contribution is 7.89. The van der Waals surface area contributed by atoms with Gasteiger partial charge >= 0.3 is 5.97 Å². The number of hydrogen-bond donors (Lipinski definition) is 1. The zero-order chi connectivity index (χ0) is 20.7. The van der Waals surface area contributed by atoms with Crippen molar-refractivity contribution in [1.29, 1.82) is 0 Å². The van der Waals surface area contributed by atoms with Crippen molar-refractivity contribution in [3.63, 3.8) is 0 Å². The third-order valence-corrected chi connectivity index (χ3v) is 5.53. The number of nitrogens with one attached hydrogen (secondary N) is 1. The van der Waals surface area contributed by atoms with Gasteiger partial charge in [-0.15, -0.1) is 0 Å². The lowest BCUT2D eigenvalue weighted by Crippen LogP contribution is -2.24. The maximum atomic E-state index is 12.0. The van der Waals surface area contributed by atoms with Crippen LogP contribution in [0.3, 0.4) is 0 Å². The van der Waals surface area contributed by atoms with Gasteiger partial charge in [0, 0.05) is 24.8 Å². The molecule has 0 aliphatic heterocycles. The summed E-state index contributed by atoms with van der Waals surface area (Å²) in [5.41, 5.74) is 0.371. The van der Waals surface area contributed by atoms with Crippen LogP contribution in [0.5, 0.6) is 5.75 Å². The van der Waals surface area contributed by atoms with Crippen molar-refractivity contribution >= 4 is 39.2 Å². The zero-order valence-corrected chi connectivity index (χ0v) is 16.8. The highest BCUT2D eigenvalue weighted by Gasteiger charge is 2.17. The molecule has 0 atom stereocenters. The van der Waals surface area contributed by atoms with Crippen molar-refractivity contribution in [2.24, 2.45) is 0 Å². The zero-order valence-electron chi connectivity index (χ0n) is 15.2. The minimum Gasteiger partial charge on any atom is -0.482 e. The van der Waals surface area contributed by atoms with Crippen molar-refractivity contribution in [3.05, 3.63) is 53.6 Å². The third-order valence-electron chi connectivity index (χ3n) is 3.45. The van der Waals surface area contributed by atoms with E-state index in [1.165, 1.54) is 38.4 Å². The van der Waals surface area contributed by atoms with Crippen LogP contribution in [0.2, 0.25) is 5.02 Å². The SMILES string of the molecule is CN(C)S(=O)(=O)c1ccc(NC(=O)COC(=O)COc2ccc(Cl)cc2)cc1. The molecule has 0 heterocycles. The Kier molecular flexibility index (Phi) is 7.38. The number of carbonyl (C=O) groups is 2. The standard InChI is InChI=1S/C18H19ClN2O6S/c1-21(2)28(24,25)16-9-5-14(6-10-16)20-17(22)11-27-18(23)12-26-15-7-3-13(19)4-8-15/h3-10H,11-12H2,1-2H3,(H,20,22). The Morgan fingerprint density at radius 1 is 1.00 bits per heavy atom. The van der Waals surface area contributed by atoms with Crippen LogP contribution in [0.25, 0.3) is 0 Å². The molecule has 10 heteroatoms. The normalized spacial score (nSPS) is 11.1. The number of sulfonamides is 1. The van der Waals surface area contributed by atoms with Gasteiger partial charge < -0.3 is 14.8 Å². The molecule has 28 heavy (non-hydrogen) atoms. The summed E-state index contributed by atoms with van der Waals surface area (Å²) in [6, 6.07) is 12.1. The predicted octanol–water partition coefficient (Wildman–Crippen LogP) is 2.15. The average Bonchev–Trinajstić information content (AvgIpc) is 2.66. The Labute approximate surface area is 168 Å². The van der Waals surface area contributed by atoms with Gasteiger partial charge in [0.05, 0.1) is 4.90 Å². The summed E-state index contributed by atoms with van der Waals surface area (Å²) in [6.45, 7) is -0.855. The van der Waals surface area contributed by atoms with Crippen LogP contribution >= 0.6 is 11.6 Å². The van der Waals surface area contributed by atoms with E-state index in [4.69, 9.17) is 21.1 Å². The first-order valence-electron chi connectivity index (χ1n) is 8.05. The molecular weight excluding hydrogens is 408 g/mol. The topological polar surface area (TPSA) is 102 Å². The van der Waals surface area contributed by atoms with Gasteiger partial charge in [0.25, 0.3) is 5.91 Å². The second kappa shape index (κ2) is 9.54. The lowest BCUT2D eigenvalue weighted by atomic mass is 10.3. The first-order valence-corrected chi connectivity index (χ1v) is 9.87. The van der Waals surface area contributed by atoms with E-state index in [9.17, 15) is 18.0 Å². The van der Waals surface area contributed by atoms with E-state index in [0.717, 1.165) is 4.31 Å². The summed E-state index contributed by atoms with van der Waals surface area (Å²) in [5.74, 6) is -0.834. The quantitative estimate of drug-likeness (QED) is 0.649. The molecule has 0 unspecified atom stereocenters. The van der Waals surface area contributed by atoms with Crippen LogP contribution in [0.1, 0.15) is 0 Å². The van der Waals surface area contributed by atoms with E-state index in [2.05, 4.69) is 5.32 Å². The summed E-state index contributed by atoms with van der Waals surface area (Å²) >= 11 is 5.75. The number of carbonyl (C=O) groups excluding carboxylic acids is 2. The molecule has 8 nitrogen and oxygen atoms in total. The second-order valence-electron chi connectivity index (χ2n) is 5.76. The van der Waals surface area contributed by atoms with Crippen molar-refractivity contribution in [3.8, 4) is 5.75 Å². The highest BCUT2D eigenvalue weighted by atomic mass is 35.5. The molecule has 0 saturated heterocycles. The van der Waals surface area contributed by atoms with Crippen molar-refractivity contribution in [1.82, 2.24) is 4.31 Å². The van der Waals surface area contributed by atoms with E-state index in [1.54, 1.807) is 24.3 Å². The summed E-state index contributed by atoms with van der Waals surface area (Å²) in [6.07, 6.45) is 0. The monoisotopic (exact) mass is 426 g/mol. The van der Waals surface area contributed by atoms with Crippen molar-refractivity contribution in [2.45, 2.75) is 4.90 Å². The summed E-state index contributed by atoms with van der Waals surface area (Å²) in [5, 5.41) is 3.05. The lowest BCUT2D eigenvalue weighted by molar-refractivity contribution is -0.149. The lowest BCUT2D eigenvalue weighted by Gasteiger charge is -2.12. The minimum absolute atomic E-state index is 0.0984. The Bertz CT molecular complexity index is 928. The number of benzene rings is 2. The molecule has 1 amide bonds. The molecule has 0 bridgehead atoms. The fraction of sp³-hybridized carbons (Fsp3) is 0.222. The Morgan fingerprint density at radius 2 is 1.61 bits per heavy atom. The van der Waals surface area contributed by atoms with Crippen LogP contribution in [0.4, 0.5) is 5.69 Å². The largest absolute Gasteiger partial charge is 0.482 e. The summed E-state index contributed by atoms with van der Waals surface area (Å²) in [7, 11) is -0.692. The molecule has 2 aromatic carbocycles. The van der Waals surface area contributed by atoms with Gasteiger partial charge in [-0.25, -0.2) is 17.5 Å². The van der Waals surface area contributed by atoms with E-state index < -0.39 is 28.5 Å². The predicted molar refractivity (Wildman–Crippen MR) is 104 cm³/mol. The van der Waals surface area contributed by atoms with E-state index in [-0.39, 0.29) is 11.5 Å². The molecule has 0 radical (unpaired) electrons. The van der Waals surface area contributed by atoms with Gasteiger partial charge in [0.15, 0.2) is 13.2 Å². The smallest absolute Gasteiger partial charge is 0.344 e. The maximum absolute atomic E-state index is 12.0. The van der Waals surface area contributed by atoms with E-state index in [1.807, 2.05) is 0 Å². The molecule has 0 spiro atoms. The molecule has 0 saturated carbocycles. The number of anilines is 1. The van der Waals surface area contributed by atoms with Gasteiger partial charge in [-0.3, -0.25) is 4.79 Å². The van der Waals surface area contributed by atoms with Gasteiger partial charge in [-0.2, -0.15) is 0 Å². The number of nitrogens with zero attached hydrogens (tertiary/aromatic N) is 1. The van der Waals surface area contributed by atoms with Crippen LogP contribution in [0, 0.1) is 0 Å². The van der Waals surface area contributed by atoms with Gasteiger partial charge in [0.1, 0.15) is 5.75 Å². The number of rotatable bonds is 8. The maximum Gasteiger partial charge on any atom is 0.344 e. The number of ether oxygens (including phenoxy) is 2. The molecule has 0 aliphatic rings. The summed E-state index contributed by atoms with van der Waals surface area (Å²) < 4.78 is 35.1. The molecule has 0 aliphatic carbocycles. The minimum atomic E-state index is -3.55. The number of hydrogen-bond acceptors (Lipinski definition) is 6. The van der Waals surface area contributed by atoms with Gasteiger partial charge in [-0.1, -0.05) is 11.6 Å².